The molecule has 1 aliphatic heterocycles. The normalized spacial score (nSPS) is 19.2. The molecule has 1 aliphatic carbocycles. The number of rotatable bonds is 3. The van der Waals surface area contributed by atoms with E-state index < -0.39 is 23.6 Å². The minimum Gasteiger partial charge on any atom is -0.399 e. The fourth-order valence-corrected chi connectivity index (χ4v) is 3.99. The first-order valence-electron chi connectivity index (χ1n) is 9.23. The summed E-state index contributed by atoms with van der Waals surface area (Å²) in [5, 5.41) is 3.25. The van der Waals surface area contributed by atoms with E-state index >= 15 is 0 Å². The Labute approximate surface area is 170 Å². The Bertz CT molecular complexity index is 932. The van der Waals surface area contributed by atoms with Crippen LogP contribution in [0.5, 0.6) is 0 Å². The predicted molar refractivity (Wildman–Crippen MR) is 102 cm³/mol. The molecule has 29 heavy (non-hydrogen) atoms. The van der Waals surface area contributed by atoms with Crippen LogP contribution in [0.1, 0.15) is 41.8 Å². The number of aromatic nitrogens is 2. The standard InChI is InChI=1S/C19H20ClF3N4O2/c1-10(11-6-12(19(21,22)23)8-13(24)7-11)25-16-14-9-18(28-4-5-29-18)3-2-15(14)26-17(20)27-16/h6-8,10H,2-5,9,24H2,1H3,(H,25,26,27)/t10-/m1/s1. The number of nitrogens with two attached hydrogens (primary N) is 1. The summed E-state index contributed by atoms with van der Waals surface area (Å²) >= 11 is 6.08. The highest BCUT2D eigenvalue weighted by molar-refractivity contribution is 6.28. The first kappa shape index (κ1) is 20.2. The van der Waals surface area contributed by atoms with E-state index in [1.807, 2.05) is 0 Å². The second-order valence-corrected chi connectivity index (χ2v) is 7.64. The third kappa shape index (κ3) is 4.12. The highest BCUT2D eigenvalue weighted by Crippen LogP contribution is 2.39. The van der Waals surface area contributed by atoms with Gasteiger partial charge in [0.15, 0.2) is 5.79 Å². The summed E-state index contributed by atoms with van der Waals surface area (Å²) in [4.78, 5) is 8.58. The number of hydrogen-bond donors (Lipinski definition) is 2. The molecular weight excluding hydrogens is 409 g/mol. The summed E-state index contributed by atoms with van der Waals surface area (Å²) in [7, 11) is 0. The molecule has 0 saturated carbocycles. The molecule has 3 N–H and O–H groups in total. The molecule has 2 aromatic rings. The van der Waals surface area contributed by atoms with Crippen molar-refractivity contribution in [2.45, 2.75) is 44.2 Å². The van der Waals surface area contributed by atoms with Gasteiger partial charge < -0.3 is 20.5 Å². The third-order valence-corrected chi connectivity index (χ3v) is 5.40. The van der Waals surface area contributed by atoms with E-state index in [9.17, 15) is 13.2 Å². The largest absolute Gasteiger partial charge is 0.416 e. The van der Waals surface area contributed by atoms with Crippen molar-refractivity contribution in [1.82, 2.24) is 9.97 Å². The minimum absolute atomic E-state index is 0.0398. The van der Waals surface area contributed by atoms with Crippen LogP contribution in [0, 0.1) is 0 Å². The van der Waals surface area contributed by atoms with Crippen molar-refractivity contribution in [3.63, 3.8) is 0 Å². The predicted octanol–water partition coefficient (Wildman–Crippen LogP) is 4.14. The first-order chi connectivity index (χ1) is 13.7. The van der Waals surface area contributed by atoms with Crippen LogP contribution in [-0.4, -0.2) is 29.0 Å². The van der Waals surface area contributed by atoms with E-state index in [-0.39, 0.29) is 11.0 Å². The fraction of sp³-hybridized carbons (Fsp3) is 0.474. The molecule has 0 amide bonds. The molecule has 1 fully saturated rings. The maximum Gasteiger partial charge on any atom is 0.416 e. The number of fused-ring (bicyclic) bond motifs is 1. The van der Waals surface area contributed by atoms with Gasteiger partial charge in [0.1, 0.15) is 5.82 Å². The van der Waals surface area contributed by atoms with Crippen LogP contribution in [0.3, 0.4) is 0 Å². The number of nitrogen functional groups attached to an aromatic ring is 1. The van der Waals surface area contributed by atoms with E-state index in [1.165, 1.54) is 6.07 Å². The second-order valence-electron chi connectivity index (χ2n) is 7.30. The van der Waals surface area contributed by atoms with E-state index in [2.05, 4.69) is 15.3 Å². The van der Waals surface area contributed by atoms with E-state index in [0.717, 1.165) is 23.4 Å². The molecule has 1 aromatic heterocycles. The van der Waals surface area contributed by atoms with Crippen LogP contribution in [0.4, 0.5) is 24.7 Å². The van der Waals surface area contributed by atoms with Crippen molar-refractivity contribution >= 4 is 23.1 Å². The summed E-state index contributed by atoms with van der Waals surface area (Å²) in [6.07, 6.45) is -2.77. The van der Waals surface area contributed by atoms with Gasteiger partial charge in [0.2, 0.25) is 5.28 Å². The van der Waals surface area contributed by atoms with Gasteiger partial charge in [-0.15, -0.1) is 0 Å². The van der Waals surface area contributed by atoms with Gasteiger partial charge in [-0.05, 0) is 48.7 Å². The van der Waals surface area contributed by atoms with E-state index in [1.54, 1.807) is 6.92 Å². The zero-order valence-electron chi connectivity index (χ0n) is 15.6. The average molecular weight is 429 g/mol. The number of nitrogens with zero attached hydrogens (tertiary/aromatic N) is 2. The zero-order chi connectivity index (χ0) is 20.8. The quantitative estimate of drug-likeness (QED) is 0.565. The Kier molecular flexibility index (Phi) is 5.08. The van der Waals surface area contributed by atoms with Gasteiger partial charge in [-0.25, -0.2) is 9.97 Å². The monoisotopic (exact) mass is 428 g/mol. The number of ether oxygens (including phenoxy) is 2. The number of aryl methyl sites for hydroxylation is 1. The van der Waals surface area contributed by atoms with Gasteiger partial charge in [0, 0.05) is 24.1 Å². The number of hydrogen-bond acceptors (Lipinski definition) is 6. The lowest BCUT2D eigenvalue weighted by atomic mass is 9.90. The van der Waals surface area contributed by atoms with E-state index in [0.29, 0.717) is 43.9 Å². The molecule has 2 aliphatic rings. The maximum absolute atomic E-state index is 13.1. The second kappa shape index (κ2) is 7.30. The lowest BCUT2D eigenvalue weighted by molar-refractivity contribution is -0.164. The Morgan fingerprint density at radius 2 is 1.93 bits per heavy atom. The van der Waals surface area contributed by atoms with E-state index in [4.69, 9.17) is 26.8 Å². The van der Waals surface area contributed by atoms with Crippen LogP contribution in [0.2, 0.25) is 5.28 Å². The molecule has 1 atom stereocenters. The molecular formula is C19H20ClF3N4O2. The summed E-state index contributed by atoms with van der Waals surface area (Å²) in [6, 6.07) is 3.00. The molecule has 6 nitrogen and oxygen atoms in total. The van der Waals surface area contributed by atoms with Crippen LogP contribution >= 0.6 is 11.6 Å². The van der Waals surface area contributed by atoms with Crippen molar-refractivity contribution in [2.24, 2.45) is 0 Å². The SMILES string of the molecule is C[C@@H](Nc1nc(Cl)nc2c1CC1(CC2)OCCO1)c1cc(N)cc(C(F)(F)F)c1. The molecule has 1 spiro atoms. The van der Waals surface area contributed by atoms with Crippen molar-refractivity contribution in [2.75, 3.05) is 24.3 Å². The van der Waals surface area contributed by atoms with Crippen LogP contribution in [0.15, 0.2) is 18.2 Å². The summed E-state index contributed by atoms with van der Waals surface area (Å²) in [6.45, 7) is 2.78. The van der Waals surface area contributed by atoms with Gasteiger partial charge in [-0.3, -0.25) is 0 Å². The van der Waals surface area contributed by atoms with Gasteiger partial charge in [-0.2, -0.15) is 13.2 Å². The van der Waals surface area contributed by atoms with Crippen LogP contribution in [-0.2, 0) is 28.5 Å². The van der Waals surface area contributed by atoms with Crippen molar-refractivity contribution < 1.29 is 22.6 Å². The molecule has 2 heterocycles. The van der Waals surface area contributed by atoms with Crippen molar-refractivity contribution in [1.29, 1.82) is 0 Å². The molecule has 0 unspecified atom stereocenters. The summed E-state index contributed by atoms with van der Waals surface area (Å²) < 4.78 is 51.0. The van der Waals surface area contributed by atoms with Gasteiger partial charge in [0.25, 0.3) is 0 Å². The Morgan fingerprint density at radius 3 is 2.62 bits per heavy atom. The molecule has 0 radical (unpaired) electrons. The average Bonchev–Trinajstić information content (AvgIpc) is 3.09. The topological polar surface area (TPSA) is 82.3 Å². The lowest BCUT2D eigenvalue weighted by Gasteiger charge is -2.33. The van der Waals surface area contributed by atoms with Crippen molar-refractivity contribution in [3.8, 4) is 0 Å². The Hall–Kier alpha value is -2.10. The number of alkyl halides is 3. The molecule has 10 heteroatoms. The van der Waals surface area contributed by atoms with Crippen LogP contribution < -0.4 is 11.1 Å². The highest BCUT2D eigenvalue weighted by Gasteiger charge is 2.42. The fourth-order valence-electron chi connectivity index (χ4n) is 3.80. The number of halogens is 4. The molecule has 4 rings (SSSR count). The number of benzene rings is 1. The van der Waals surface area contributed by atoms with Crippen LogP contribution in [0.25, 0.3) is 0 Å². The van der Waals surface area contributed by atoms with Crippen molar-refractivity contribution in [3.05, 3.63) is 45.9 Å². The maximum atomic E-state index is 13.1. The van der Waals surface area contributed by atoms with Gasteiger partial charge >= 0.3 is 6.18 Å². The zero-order valence-corrected chi connectivity index (χ0v) is 16.4. The molecule has 156 valence electrons. The summed E-state index contributed by atoms with van der Waals surface area (Å²) in [5.74, 6) is -0.244. The Morgan fingerprint density at radius 1 is 1.21 bits per heavy atom. The third-order valence-electron chi connectivity index (χ3n) is 5.23. The van der Waals surface area contributed by atoms with Gasteiger partial charge in [-0.1, -0.05) is 0 Å². The summed E-state index contributed by atoms with van der Waals surface area (Å²) in [5.41, 5.74) is 6.91. The minimum atomic E-state index is -4.48. The first-order valence-corrected chi connectivity index (χ1v) is 9.60. The highest BCUT2D eigenvalue weighted by atomic mass is 35.5. The molecule has 0 bridgehead atoms. The number of anilines is 2. The molecule has 1 aromatic carbocycles. The molecule has 1 saturated heterocycles. The Balaban J connectivity index is 1.65. The smallest absolute Gasteiger partial charge is 0.399 e. The lowest BCUT2D eigenvalue weighted by Crippen LogP contribution is -2.38. The van der Waals surface area contributed by atoms with Gasteiger partial charge in [0.05, 0.1) is 30.5 Å². The number of nitrogens with one attached hydrogen (secondary N) is 1.